The van der Waals surface area contributed by atoms with E-state index in [2.05, 4.69) is 5.32 Å². The molecule has 2 aromatic carbocycles. The van der Waals surface area contributed by atoms with E-state index in [0.29, 0.717) is 31.7 Å². The highest BCUT2D eigenvalue weighted by molar-refractivity contribution is 5.46. The second-order valence-corrected chi connectivity index (χ2v) is 6.13. The average molecular weight is 346 g/mol. The normalized spacial score (nSPS) is 20.4. The molecule has 2 aromatic rings. The number of rotatable bonds is 7. The molecule has 4 nitrogen and oxygen atoms in total. The Hall–Kier alpha value is -2.47. The standard InChI is InChI=1S/C19H20F2N2O2/c20-16-3-1-2-15(8-16)12-25-18-6-4-14(5-7-18)10-23-11-17(21)9-19(23)22-13-24/h1-8,13,17,19H,9-12H2,(H,22,24)/t17-,19+/m1/s1. The second kappa shape index (κ2) is 8.07. The molecule has 1 N–H and O–H groups in total. The zero-order valence-electron chi connectivity index (χ0n) is 13.7. The first-order chi connectivity index (χ1) is 12.1. The number of hydrogen-bond acceptors (Lipinski definition) is 3. The fourth-order valence-electron chi connectivity index (χ4n) is 2.99. The maximum Gasteiger partial charge on any atom is 0.208 e. The highest BCUT2D eigenvalue weighted by atomic mass is 19.1. The molecule has 0 aliphatic carbocycles. The van der Waals surface area contributed by atoms with Crippen molar-refractivity contribution in [3.63, 3.8) is 0 Å². The van der Waals surface area contributed by atoms with E-state index in [4.69, 9.17) is 4.74 Å². The monoisotopic (exact) mass is 346 g/mol. The molecular formula is C19H20F2N2O2. The lowest BCUT2D eigenvalue weighted by molar-refractivity contribution is -0.111. The van der Waals surface area contributed by atoms with Crippen molar-refractivity contribution in [3.8, 4) is 5.75 Å². The van der Waals surface area contributed by atoms with E-state index in [9.17, 15) is 13.6 Å². The van der Waals surface area contributed by atoms with E-state index in [1.165, 1.54) is 12.1 Å². The first-order valence-electron chi connectivity index (χ1n) is 8.18. The Morgan fingerprint density at radius 1 is 1.20 bits per heavy atom. The molecule has 132 valence electrons. The average Bonchev–Trinajstić information content (AvgIpc) is 2.94. The van der Waals surface area contributed by atoms with Crippen LogP contribution in [0.25, 0.3) is 0 Å². The van der Waals surface area contributed by atoms with E-state index in [-0.39, 0.29) is 18.6 Å². The summed E-state index contributed by atoms with van der Waals surface area (Å²) in [6.07, 6.45) is -0.269. The van der Waals surface area contributed by atoms with Crippen molar-refractivity contribution >= 4 is 6.41 Å². The van der Waals surface area contributed by atoms with E-state index >= 15 is 0 Å². The largest absolute Gasteiger partial charge is 0.489 e. The third-order valence-corrected chi connectivity index (χ3v) is 4.22. The summed E-state index contributed by atoms with van der Waals surface area (Å²) in [5.41, 5.74) is 1.77. The number of halogens is 2. The number of hydrogen-bond donors (Lipinski definition) is 1. The summed E-state index contributed by atoms with van der Waals surface area (Å²) in [4.78, 5) is 12.5. The molecule has 1 aliphatic heterocycles. The Morgan fingerprint density at radius 2 is 2.00 bits per heavy atom. The molecule has 0 bridgehead atoms. The summed E-state index contributed by atoms with van der Waals surface area (Å²) >= 11 is 0. The van der Waals surface area contributed by atoms with Gasteiger partial charge in [-0.15, -0.1) is 0 Å². The van der Waals surface area contributed by atoms with Crippen LogP contribution >= 0.6 is 0 Å². The van der Waals surface area contributed by atoms with Crippen LogP contribution in [-0.4, -0.2) is 30.2 Å². The molecule has 3 rings (SSSR count). The van der Waals surface area contributed by atoms with Crippen LogP contribution in [0.2, 0.25) is 0 Å². The van der Waals surface area contributed by atoms with E-state index in [1.54, 1.807) is 12.1 Å². The molecule has 1 aliphatic rings. The van der Waals surface area contributed by atoms with Gasteiger partial charge in [0.2, 0.25) is 6.41 Å². The molecule has 0 spiro atoms. The molecule has 0 aromatic heterocycles. The predicted molar refractivity (Wildman–Crippen MR) is 90.1 cm³/mol. The zero-order valence-corrected chi connectivity index (χ0v) is 13.7. The highest BCUT2D eigenvalue weighted by Gasteiger charge is 2.31. The Bertz CT molecular complexity index is 709. The van der Waals surface area contributed by atoms with E-state index in [0.717, 1.165) is 11.1 Å². The predicted octanol–water partition coefficient (Wildman–Crippen LogP) is 3.02. The van der Waals surface area contributed by atoms with Crippen LogP contribution in [0.5, 0.6) is 5.75 Å². The second-order valence-electron chi connectivity index (χ2n) is 6.13. The molecule has 0 radical (unpaired) electrons. The van der Waals surface area contributed by atoms with Crippen LogP contribution in [0.4, 0.5) is 8.78 Å². The maximum atomic E-state index is 13.6. The van der Waals surface area contributed by atoms with Crippen molar-refractivity contribution in [2.24, 2.45) is 0 Å². The fraction of sp³-hybridized carbons (Fsp3) is 0.316. The van der Waals surface area contributed by atoms with Gasteiger partial charge in [-0.1, -0.05) is 24.3 Å². The number of nitrogens with zero attached hydrogens (tertiary/aromatic N) is 1. The quantitative estimate of drug-likeness (QED) is 0.784. The summed E-state index contributed by atoms with van der Waals surface area (Å²) < 4.78 is 32.3. The van der Waals surface area contributed by atoms with Crippen LogP contribution in [0.3, 0.4) is 0 Å². The summed E-state index contributed by atoms with van der Waals surface area (Å²) in [7, 11) is 0. The topological polar surface area (TPSA) is 41.6 Å². The van der Waals surface area contributed by atoms with Gasteiger partial charge in [-0.25, -0.2) is 8.78 Å². The van der Waals surface area contributed by atoms with E-state index < -0.39 is 6.17 Å². The lowest BCUT2D eigenvalue weighted by Gasteiger charge is -2.23. The summed E-state index contributed by atoms with van der Waals surface area (Å²) in [6.45, 7) is 1.15. The Balaban J connectivity index is 1.56. The fourth-order valence-corrected chi connectivity index (χ4v) is 2.99. The third-order valence-electron chi connectivity index (χ3n) is 4.22. The van der Waals surface area contributed by atoms with Crippen molar-refractivity contribution in [1.82, 2.24) is 10.2 Å². The summed E-state index contributed by atoms with van der Waals surface area (Å²) in [5.74, 6) is 0.395. The lowest BCUT2D eigenvalue weighted by Crippen LogP contribution is -2.39. The Morgan fingerprint density at radius 3 is 2.72 bits per heavy atom. The van der Waals surface area contributed by atoms with Crippen molar-refractivity contribution < 1.29 is 18.3 Å². The first-order valence-corrected chi connectivity index (χ1v) is 8.18. The third kappa shape index (κ3) is 4.76. The van der Waals surface area contributed by atoms with Gasteiger partial charge in [0.25, 0.3) is 0 Å². The van der Waals surface area contributed by atoms with Gasteiger partial charge in [0.15, 0.2) is 0 Å². The van der Waals surface area contributed by atoms with Gasteiger partial charge in [-0.3, -0.25) is 9.69 Å². The van der Waals surface area contributed by atoms with Crippen LogP contribution in [0.1, 0.15) is 17.5 Å². The lowest BCUT2D eigenvalue weighted by atomic mass is 10.2. The number of ether oxygens (including phenoxy) is 1. The number of likely N-dealkylation sites (tertiary alicyclic amines) is 1. The minimum atomic E-state index is -0.925. The molecule has 0 saturated carbocycles. The van der Waals surface area contributed by atoms with Crippen molar-refractivity contribution in [1.29, 1.82) is 0 Å². The number of alkyl halides is 1. The number of benzene rings is 2. The summed E-state index contributed by atoms with van der Waals surface area (Å²) in [6, 6.07) is 13.8. The molecule has 0 unspecified atom stereocenters. The molecule has 6 heteroatoms. The van der Waals surface area contributed by atoms with Crippen molar-refractivity contribution in [2.45, 2.75) is 31.9 Å². The van der Waals surface area contributed by atoms with Crippen LogP contribution < -0.4 is 10.1 Å². The minimum absolute atomic E-state index is 0.267. The Kier molecular flexibility index (Phi) is 5.60. The van der Waals surface area contributed by atoms with Gasteiger partial charge in [0.1, 0.15) is 24.3 Å². The highest BCUT2D eigenvalue weighted by Crippen LogP contribution is 2.22. The van der Waals surface area contributed by atoms with Gasteiger partial charge in [0, 0.05) is 19.5 Å². The number of amides is 1. The maximum absolute atomic E-state index is 13.6. The molecular weight excluding hydrogens is 326 g/mol. The summed E-state index contributed by atoms with van der Waals surface area (Å²) in [5, 5.41) is 2.65. The van der Waals surface area contributed by atoms with Crippen molar-refractivity contribution in [3.05, 3.63) is 65.5 Å². The number of carbonyl (C=O) groups excluding carboxylic acids is 1. The van der Waals surface area contributed by atoms with Crippen molar-refractivity contribution in [2.75, 3.05) is 6.54 Å². The van der Waals surface area contributed by atoms with Gasteiger partial charge >= 0.3 is 0 Å². The zero-order chi connectivity index (χ0) is 17.6. The first kappa shape index (κ1) is 17.4. The smallest absolute Gasteiger partial charge is 0.208 e. The van der Waals surface area contributed by atoms with Gasteiger partial charge in [-0.2, -0.15) is 0 Å². The molecule has 1 amide bonds. The molecule has 1 heterocycles. The molecule has 1 fully saturated rings. The van der Waals surface area contributed by atoms with Gasteiger partial charge in [0.05, 0.1) is 6.17 Å². The number of nitrogens with one attached hydrogen (secondary N) is 1. The minimum Gasteiger partial charge on any atom is -0.489 e. The van der Waals surface area contributed by atoms with Crippen LogP contribution in [0.15, 0.2) is 48.5 Å². The van der Waals surface area contributed by atoms with Gasteiger partial charge < -0.3 is 10.1 Å². The number of carbonyl (C=O) groups is 1. The van der Waals surface area contributed by atoms with Crippen LogP contribution in [-0.2, 0) is 17.9 Å². The van der Waals surface area contributed by atoms with E-state index in [1.807, 2.05) is 29.2 Å². The van der Waals surface area contributed by atoms with Gasteiger partial charge in [-0.05, 0) is 35.4 Å². The molecule has 1 saturated heterocycles. The van der Waals surface area contributed by atoms with Crippen LogP contribution in [0, 0.1) is 5.82 Å². The molecule has 2 atom stereocenters. The SMILES string of the molecule is O=CN[C@@H]1C[C@@H](F)CN1Cc1ccc(OCc2cccc(F)c2)cc1. The Labute approximate surface area is 145 Å². The molecule has 25 heavy (non-hydrogen) atoms.